The fourth-order valence-electron chi connectivity index (χ4n) is 2.51. The second kappa shape index (κ2) is 6.92. The molecule has 1 rings (SSSR count). The lowest BCUT2D eigenvalue weighted by molar-refractivity contribution is -0.138. The van der Waals surface area contributed by atoms with E-state index in [-0.39, 0.29) is 18.7 Å². The first-order valence-electron chi connectivity index (χ1n) is 6.68. The van der Waals surface area contributed by atoms with Crippen molar-refractivity contribution >= 4 is 21.8 Å². The number of aliphatic carboxylic acids is 1. The van der Waals surface area contributed by atoms with Crippen LogP contribution in [-0.4, -0.2) is 49.6 Å². The van der Waals surface area contributed by atoms with E-state index in [1.165, 1.54) is 0 Å². The van der Waals surface area contributed by atoms with Crippen LogP contribution >= 0.6 is 0 Å². The molecule has 2 amide bonds. The van der Waals surface area contributed by atoms with E-state index in [2.05, 4.69) is 10.6 Å². The van der Waals surface area contributed by atoms with E-state index in [1.807, 2.05) is 0 Å². The summed E-state index contributed by atoms with van der Waals surface area (Å²) in [6, 6.07) is -0.429. The summed E-state index contributed by atoms with van der Waals surface area (Å²) in [5.74, 6) is -0.905. The Morgan fingerprint density at radius 2 is 1.85 bits per heavy atom. The van der Waals surface area contributed by atoms with Crippen molar-refractivity contribution in [3.05, 3.63) is 0 Å². The third-order valence-corrected chi connectivity index (χ3v) is 4.44. The van der Waals surface area contributed by atoms with E-state index in [9.17, 15) is 18.0 Å². The smallest absolute Gasteiger partial charge is 0.315 e. The Bertz CT molecular complexity index is 454. The highest BCUT2D eigenvalue weighted by Crippen LogP contribution is 2.32. The first kappa shape index (κ1) is 16.7. The van der Waals surface area contributed by atoms with Crippen molar-refractivity contribution in [2.45, 2.75) is 44.1 Å². The number of nitrogens with one attached hydrogen (secondary N) is 2. The second-order valence-electron chi connectivity index (χ2n) is 5.42. The van der Waals surface area contributed by atoms with Crippen LogP contribution in [-0.2, 0) is 14.6 Å². The Balaban J connectivity index is 2.37. The predicted molar refractivity (Wildman–Crippen MR) is 74.3 cm³/mol. The molecule has 116 valence electrons. The molecule has 20 heavy (non-hydrogen) atoms. The molecule has 7 nitrogen and oxygen atoms in total. The molecule has 1 saturated carbocycles. The first-order valence-corrected chi connectivity index (χ1v) is 8.74. The zero-order valence-electron chi connectivity index (χ0n) is 11.6. The van der Waals surface area contributed by atoms with E-state index < -0.39 is 27.4 Å². The van der Waals surface area contributed by atoms with Gasteiger partial charge in [0.05, 0.1) is 17.7 Å². The van der Waals surface area contributed by atoms with Crippen molar-refractivity contribution in [2.75, 3.05) is 18.6 Å². The molecule has 0 radical (unpaired) electrons. The minimum Gasteiger partial charge on any atom is -0.481 e. The maximum Gasteiger partial charge on any atom is 0.315 e. The van der Waals surface area contributed by atoms with Gasteiger partial charge >= 0.3 is 12.0 Å². The number of rotatable bonds is 7. The lowest BCUT2D eigenvalue weighted by atomic mass is 9.93. The number of carboxylic acid groups (broad SMARTS) is 1. The van der Waals surface area contributed by atoms with Gasteiger partial charge in [-0.2, -0.15) is 0 Å². The van der Waals surface area contributed by atoms with Crippen molar-refractivity contribution in [3.63, 3.8) is 0 Å². The van der Waals surface area contributed by atoms with Crippen LogP contribution in [0, 0.1) is 0 Å². The van der Waals surface area contributed by atoms with Crippen LogP contribution < -0.4 is 10.6 Å². The summed E-state index contributed by atoms with van der Waals surface area (Å²) in [6.07, 6.45) is 4.55. The van der Waals surface area contributed by atoms with E-state index in [0.717, 1.165) is 19.1 Å². The van der Waals surface area contributed by atoms with Crippen LogP contribution in [0.15, 0.2) is 0 Å². The van der Waals surface area contributed by atoms with Crippen molar-refractivity contribution < 1.29 is 23.1 Å². The summed E-state index contributed by atoms with van der Waals surface area (Å²) in [7, 11) is -3.02. The molecular weight excluding hydrogens is 284 g/mol. The number of carbonyl (C=O) groups is 2. The van der Waals surface area contributed by atoms with Gasteiger partial charge in [-0.1, -0.05) is 12.8 Å². The van der Waals surface area contributed by atoms with Gasteiger partial charge in [0.2, 0.25) is 0 Å². The van der Waals surface area contributed by atoms with Crippen LogP contribution in [0.3, 0.4) is 0 Å². The van der Waals surface area contributed by atoms with E-state index in [0.29, 0.717) is 19.3 Å². The number of hydrogen-bond acceptors (Lipinski definition) is 4. The molecule has 0 unspecified atom stereocenters. The lowest BCUT2D eigenvalue weighted by Gasteiger charge is -2.28. The lowest BCUT2D eigenvalue weighted by Crippen LogP contribution is -2.51. The van der Waals surface area contributed by atoms with Crippen LogP contribution in [0.2, 0.25) is 0 Å². The molecule has 0 bridgehead atoms. The number of sulfone groups is 1. The van der Waals surface area contributed by atoms with E-state index in [1.54, 1.807) is 0 Å². The molecule has 0 saturated heterocycles. The molecule has 1 aliphatic rings. The maximum atomic E-state index is 11.7. The van der Waals surface area contributed by atoms with Gasteiger partial charge < -0.3 is 15.7 Å². The molecule has 0 spiro atoms. The molecular formula is C12H22N2O5S. The first-order chi connectivity index (χ1) is 9.22. The molecule has 0 atom stereocenters. The monoisotopic (exact) mass is 306 g/mol. The highest BCUT2D eigenvalue weighted by molar-refractivity contribution is 7.90. The predicted octanol–water partition coefficient (Wildman–Crippen LogP) is 0.508. The van der Waals surface area contributed by atoms with Gasteiger partial charge in [0, 0.05) is 12.8 Å². The standard InChI is InChI=1S/C12H22N2O5S/c1-20(18,19)8-4-7-13-11(17)14-12(9-10(15)16)5-2-3-6-12/h2-9H2,1H3,(H,15,16)(H2,13,14,17). The van der Waals surface area contributed by atoms with Crippen molar-refractivity contribution in [1.82, 2.24) is 10.6 Å². The van der Waals surface area contributed by atoms with Crippen LogP contribution in [0.1, 0.15) is 38.5 Å². The van der Waals surface area contributed by atoms with Crippen molar-refractivity contribution in [3.8, 4) is 0 Å². The van der Waals surface area contributed by atoms with Crippen LogP contribution in [0.5, 0.6) is 0 Å². The van der Waals surface area contributed by atoms with Crippen LogP contribution in [0.4, 0.5) is 4.79 Å². The third-order valence-electron chi connectivity index (χ3n) is 3.41. The average molecular weight is 306 g/mol. The second-order valence-corrected chi connectivity index (χ2v) is 7.68. The Morgan fingerprint density at radius 1 is 1.25 bits per heavy atom. The molecule has 1 fully saturated rings. The third kappa shape index (κ3) is 6.23. The minimum absolute atomic E-state index is 0.0214. The maximum absolute atomic E-state index is 11.7. The number of amides is 2. The topological polar surface area (TPSA) is 113 Å². The highest BCUT2D eigenvalue weighted by Gasteiger charge is 2.37. The zero-order valence-corrected chi connectivity index (χ0v) is 12.5. The van der Waals surface area contributed by atoms with Crippen LogP contribution in [0.25, 0.3) is 0 Å². The Morgan fingerprint density at radius 3 is 2.35 bits per heavy atom. The van der Waals surface area contributed by atoms with Crippen molar-refractivity contribution in [1.29, 1.82) is 0 Å². The summed E-state index contributed by atoms with van der Waals surface area (Å²) in [4.78, 5) is 22.6. The van der Waals surface area contributed by atoms with Crippen molar-refractivity contribution in [2.24, 2.45) is 0 Å². The summed E-state index contributed by atoms with van der Waals surface area (Å²) >= 11 is 0. The Hall–Kier alpha value is -1.31. The van der Waals surface area contributed by atoms with E-state index >= 15 is 0 Å². The largest absolute Gasteiger partial charge is 0.481 e. The fourth-order valence-corrected chi connectivity index (χ4v) is 3.18. The Kier molecular flexibility index (Phi) is 5.79. The molecule has 1 aliphatic carbocycles. The summed E-state index contributed by atoms with van der Waals surface area (Å²) in [5, 5.41) is 14.2. The number of carbonyl (C=O) groups excluding carboxylic acids is 1. The highest BCUT2D eigenvalue weighted by atomic mass is 32.2. The molecule has 0 aromatic carbocycles. The molecule has 0 aliphatic heterocycles. The van der Waals surface area contributed by atoms with Gasteiger partial charge in [0.1, 0.15) is 9.84 Å². The molecule has 0 aromatic heterocycles. The SMILES string of the molecule is CS(=O)(=O)CCCNC(=O)NC1(CC(=O)O)CCCC1. The van der Waals surface area contributed by atoms with Gasteiger partial charge in [-0.3, -0.25) is 4.79 Å². The molecule has 3 N–H and O–H groups in total. The summed E-state index contributed by atoms with van der Waals surface area (Å²) in [5.41, 5.74) is -0.660. The van der Waals surface area contributed by atoms with Gasteiger partial charge in [0.25, 0.3) is 0 Å². The number of hydrogen-bond donors (Lipinski definition) is 3. The number of urea groups is 1. The van der Waals surface area contributed by atoms with Gasteiger partial charge in [-0.05, 0) is 19.3 Å². The molecule has 0 heterocycles. The molecule has 0 aromatic rings. The van der Waals surface area contributed by atoms with E-state index in [4.69, 9.17) is 5.11 Å². The van der Waals surface area contributed by atoms with Gasteiger partial charge in [0.15, 0.2) is 0 Å². The normalized spacial score (nSPS) is 17.6. The average Bonchev–Trinajstić information content (AvgIpc) is 2.70. The Labute approximate surface area is 119 Å². The van der Waals surface area contributed by atoms with Gasteiger partial charge in [-0.25, -0.2) is 13.2 Å². The number of carboxylic acids is 1. The quantitative estimate of drug-likeness (QED) is 0.593. The summed E-state index contributed by atoms with van der Waals surface area (Å²) < 4.78 is 21.9. The van der Waals surface area contributed by atoms with Gasteiger partial charge in [-0.15, -0.1) is 0 Å². The minimum atomic E-state index is -3.02. The zero-order chi connectivity index (χ0) is 15.2. The summed E-state index contributed by atoms with van der Waals surface area (Å²) in [6.45, 7) is 0.252. The fraction of sp³-hybridized carbons (Fsp3) is 0.833. The molecule has 8 heteroatoms.